The van der Waals surface area contributed by atoms with Crippen molar-refractivity contribution in [3.05, 3.63) is 29.3 Å². The van der Waals surface area contributed by atoms with Crippen LogP contribution < -0.4 is 4.74 Å². The Labute approximate surface area is 147 Å². The lowest BCUT2D eigenvalue weighted by Crippen LogP contribution is -2.26. The molecule has 2 aliphatic carbocycles. The fourth-order valence-electron chi connectivity index (χ4n) is 5.11. The SMILES string of the molecule is CCCCC[C@H](O)CC[C@H]1CC[C@@H]2Cc3c(cccc3OC)C[C@H]12. The number of rotatable bonds is 8. The largest absolute Gasteiger partial charge is 0.496 e. The van der Waals surface area contributed by atoms with E-state index in [1.165, 1.54) is 62.5 Å². The molecule has 2 nitrogen and oxygen atoms in total. The second-order valence-electron chi connectivity index (χ2n) is 7.99. The van der Waals surface area contributed by atoms with Crippen molar-refractivity contribution in [2.45, 2.75) is 77.2 Å². The number of unbranched alkanes of at least 4 members (excludes halogenated alkanes) is 2. The Kier molecular flexibility index (Phi) is 6.21. The number of ether oxygens (including phenoxy) is 1. The molecule has 2 heteroatoms. The predicted molar refractivity (Wildman–Crippen MR) is 99.5 cm³/mol. The van der Waals surface area contributed by atoms with Crippen LogP contribution in [-0.4, -0.2) is 18.3 Å². The molecule has 1 N–H and O–H groups in total. The quantitative estimate of drug-likeness (QED) is 0.667. The molecule has 0 bridgehead atoms. The van der Waals surface area contributed by atoms with Crippen molar-refractivity contribution in [3.63, 3.8) is 0 Å². The van der Waals surface area contributed by atoms with Gasteiger partial charge in [0.2, 0.25) is 0 Å². The van der Waals surface area contributed by atoms with Gasteiger partial charge in [-0.15, -0.1) is 0 Å². The van der Waals surface area contributed by atoms with Crippen LogP contribution in [0.1, 0.15) is 69.4 Å². The van der Waals surface area contributed by atoms with E-state index in [0.29, 0.717) is 0 Å². The zero-order chi connectivity index (χ0) is 16.9. The first kappa shape index (κ1) is 17.8. The Bertz CT molecular complexity index is 525. The van der Waals surface area contributed by atoms with Gasteiger partial charge in [0.05, 0.1) is 13.2 Å². The van der Waals surface area contributed by atoms with Crippen LogP contribution in [0.5, 0.6) is 5.75 Å². The molecule has 0 aliphatic heterocycles. The number of fused-ring (bicyclic) bond motifs is 2. The van der Waals surface area contributed by atoms with Gasteiger partial charge in [-0.3, -0.25) is 0 Å². The summed E-state index contributed by atoms with van der Waals surface area (Å²) >= 11 is 0. The highest BCUT2D eigenvalue weighted by Crippen LogP contribution is 2.48. The zero-order valence-electron chi connectivity index (χ0n) is 15.5. The molecular weight excluding hydrogens is 296 g/mol. The van der Waals surface area contributed by atoms with E-state index in [2.05, 4.69) is 25.1 Å². The number of hydrogen-bond donors (Lipinski definition) is 1. The van der Waals surface area contributed by atoms with Gasteiger partial charge in [0, 0.05) is 0 Å². The monoisotopic (exact) mass is 330 g/mol. The van der Waals surface area contributed by atoms with Crippen molar-refractivity contribution in [1.82, 2.24) is 0 Å². The number of aliphatic hydroxyl groups excluding tert-OH is 1. The van der Waals surface area contributed by atoms with Crippen LogP contribution in [0, 0.1) is 17.8 Å². The lowest BCUT2D eigenvalue weighted by atomic mass is 9.73. The second-order valence-corrected chi connectivity index (χ2v) is 7.99. The molecule has 0 aromatic heterocycles. The molecule has 0 radical (unpaired) electrons. The van der Waals surface area contributed by atoms with Gasteiger partial charge in [-0.2, -0.15) is 0 Å². The normalized spacial score (nSPS) is 26.7. The summed E-state index contributed by atoms with van der Waals surface area (Å²) in [6.07, 6.45) is 11.9. The fourth-order valence-corrected chi connectivity index (χ4v) is 5.11. The van der Waals surface area contributed by atoms with Crippen LogP contribution in [0.4, 0.5) is 0 Å². The number of benzene rings is 1. The standard InChI is InChI=1S/C22H34O2/c1-3-4-5-8-19(23)13-12-16-10-11-18-15-21-17(14-20(16)18)7-6-9-22(21)24-2/h6-7,9,16,18-20,23H,3-5,8,10-15H2,1-2H3/t16-,18-,19+,20-/m1/s1. The van der Waals surface area contributed by atoms with E-state index in [-0.39, 0.29) is 6.10 Å². The Morgan fingerprint density at radius 3 is 2.83 bits per heavy atom. The molecule has 3 rings (SSSR count). The first-order chi connectivity index (χ1) is 11.7. The highest BCUT2D eigenvalue weighted by atomic mass is 16.5. The number of hydrogen-bond acceptors (Lipinski definition) is 2. The zero-order valence-corrected chi connectivity index (χ0v) is 15.5. The maximum atomic E-state index is 10.2. The van der Waals surface area contributed by atoms with Gasteiger partial charge in [0.1, 0.15) is 5.75 Å². The van der Waals surface area contributed by atoms with Crippen LogP contribution in [0.15, 0.2) is 18.2 Å². The molecular formula is C22H34O2. The van der Waals surface area contributed by atoms with Crippen molar-refractivity contribution >= 4 is 0 Å². The van der Waals surface area contributed by atoms with E-state index in [0.717, 1.165) is 36.3 Å². The number of aliphatic hydroxyl groups is 1. The summed E-state index contributed by atoms with van der Waals surface area (Å²) in [6.45, 7) is 2.22. The van der Waals surface area contributed by atoms with E-state index < -0.39 is 0 Å². The average Bonchev–Trinajstić information content (AvgIpc) is 2.99. The highest BCUT2D eigenvalue weighted by molar-refractivity contribution is 5.42. The molecule has 0 spiro atoms. The van der Waals surface area contributed by atoms with Crippen molar-refractivity contribution < 1.29 is 9.84 Å². The van der Waals surface area contributed by atoms with Crippen molar-refractivity contribution in [2.24, 2.45) is 17.8 Å². The molecule has 0 heterocycles. The van der Waals surface area contributed by atoms with E-state index in [4.69, 9.17) is 4.74 Å². The number of methoxy groups -OCH3 is 1. The molecule has 0 saturated heterocycles. The van der Waals surface area contributed by atoms with Crippen molar-refractivity contribution in [1.29, 1.82) is 0 Å². The Hall–Kier alpha value is -1.02. The molecule has 0 unspecified atom stereocenters. The molecule has 1 fully saturated rings. The van der Waals surface area contributed by atoms with Crippen molar-refractivity contribution in [3.8, 4) is 5.75 Å². The van der Waals surface area contributed by atoms with Gasteiger partial charge >= 0.3 is 0 Å². The minimum Gasteiger partial charge on any atom is -0.496 e. The molecule has 4 atom stereocenters. The van der Waals surface area contributed by atoms with Crippen LogP contribution in [0.25, 0.3) is 0 Å². The molecule has 24 heavy (non-hydrogen) atoms. The minimum absolute atomic E-state index is 0.0772. The van der Waals surface area contributed by atoms with Gasteiger partial charge in [-0.1, -0.05) is 38.3 Å². The molecule has 134 valence electrons. The van der Waals surface area contributed by atoms with E-state index in [1.807, 2.05) is 0 Å². The van der Waals surface area contributed by atoms with Gasteiger partial charge in [-0.05, 0) is 79.9 Å². The Morgan fingerprint density at radius 1 is 1.17 bits per heavy atom. The molecule has 2 aliphatic rings. The predicted octanol–water partition coefficient (Wildman–Crippen LogP) is 5.16. The van der Waals surface area contributed by atoms with Crippen molar-refractivity contribution in [2.75, 3.05) is 7.11 Å². The lowest BCUT2D eigenvalue weighted by molar-refractivity contribution is 0.134. The first-order valence-electron chi connectivity index (χ1n) is 10.1. The summed E-state index contributed by atoms with van der Waals surface area (Å²) in [4.78, 5) is 0. The van der Waals surface area contributed by atoms with Gasteiger partial charge in [0.15, 0.2) is 0 Å². The Balaban J connectivity index is 1.56. The molecule has 1 aromatic rings. The van der Waals surface area contributed by atoms with E-state index >= 15 is 0 Å². The summed E-state index contributed by atoms with van der Waals surface area (Å²) in [5, 5.41) is 10.2. The van der Waals surface area contributed by atoms with Crippen LogP contribution in [-0.2, 0) is 12.8 Å². The summed E-state index contributed by atoms with van der Waals surface area (Å²) in [5.74, 6) is 3.56. The lowest BCUT2D eigenvalue weighted by Gasteiger charge is -2.32. The highest BCUT2D eigenvalue weighted by Gasteiger charge is 2.39. The fraction of sp³-hybridized carbons (Fsp3) is 0.727. The topological polar surface area (TPSA) is 29.5 Å². The molecule has 1 saturated carbocycles. The molecule has 0 amide bonds. The third-order valence-corrected chi connectivity index (χ3v) is 6.50. The van der Waals surface area contributed by atoms with Crippen LogP contribution >= 0.6 is 0 Å². The summed E-state index contributed by atoms with van der Waals surface area (Å²) < 4.78 is 5.58. The van der Waals surface area contributed by atoms with E-state index in [9.17, 15) is 5.11 Å². The van der Waals surface area contributed by atoms with E-state index in [1.54, 1.807) is 7.11 Å². The van der Waals surface area contributed by atoms with Crippen LogP contribution in [0.2, 0.25) is 0 Å². The molecule has 1 aromatic carbocycles. The summed E-state index contributed by atoms with van der Waals surface area (Å²) in [5.41, 5.74) is 2.97. The van der Waals surface area contributed by atoms with Crippen LogP contribution in [0.3, 0.4) is 0 Å². The minimum atomic E-state index is -0.0772. The second kappa shape index (κ2) is 8.38. The summed E-state index contributed by atoms with van der Waals surface area (Å²) in [7, 11) is 1.79. The smallest absolute Gasteiger partial charge is 0.122 e. The first-order valence-corrected chi connectivity index (χ1v) is 10.1. The third-order valence-electron chi connectivity index (χ3n) is 6.50. The Morgan fingerprint density at radius 2 is 2.04 bits per heavy atom. The van der Waals surface area contributed by atoms with Gasteiger partial charge < -0.3 is 9.84 Å². The van der Waals surface area contributed by atoms with Gasteiger partial charge in [-0.25, -0.2) is 0 Å². The van der Waals surface area contributed by atoms with Gasteiger partial charge in [0.25, 0.3) is 0 Å². The average molecular weight is 331 g/mol. The maximum absolute atomic E-state index is 10.2. The maximum Gasteiger partial charge on any atom is 0.122 e. The third kappa shape index (κ3) is 3.96. The summed E-state index contributed by atoms with van der Waals surface area (Å²) in [6, 6.07) is 6.54.